The Morgan fingerprint density at radius 2 is 1.86 bits per heavy atom. The molecule has 0 spiro atoms. The number of urea groups is 1. The molecule has 0 radical (unpaired) electrons. The monoisotopic (exact) mass is 384 g/mol. The van der Waals surface area contributed by atoms with Gasteiger partial charge < -0.3 is 25.4 Å². The van der Waals surface area contributed by atoms with Crippen molar-refractivity contribution in [3.05, 3.63) is 42.1 Å². The third-order valence-corrected chi connectivity index (χ3v) is 4.88. The van der Waals surface area contributed by atoms with E-state index in [0.29, 0.717) is 23.7 Å². The van der Waals surface area contributed by atoms with Gasteiger partial charge in [-0.3, -0.25) is 0 Å². The number of aromatic nitrogens is 1. The molecule has 1 aliphatic carbocycles. The van der Waals surface area contributed by atoms with E-state index in [1.807, 2.05) is 30.3 Å². The van der Waals surface area contributed by atoms with E-state index in [4.69, 9.17) is 9.47 Å². The number of carbonyl (C=O) groups excluding carboxylic acids is 1. The van der Waals surface area contributed by atoms with Crippen molar-refractivity contribution in [3.8, 4) is 11.5 Å². The lowest BCUT2D eigenvalue weighted by Crippen LogP contribution is -2.39. The number of nitrogens with one attached hydrogen (secondary N) is 3. The van der Waals surface area contributed by atoms with Crippen molar-refractivity contribution in [2.45, 2.75) is 44.7 Å². The zero-order chi connectivity index (χ0) is 19.8. The van der Waals surface area contributed by atoms with Crippen molar-refractivity contribution in [2.24, 2.45) is 0 Å². The van der Waals surface area contributed by atoms with Gasteiger partial charge in [-0.05, 0) is 42.7 Å². The van der Waals surface area contributed by atoms with Gasteiger partial charge >= 0.3 is 6.03 Å². The average molecular weight is 384 g/mol. The van der Waals surface area contributed by atoms with E-state index >= 15 is 0 Å². The lowest BCUT2D eigenvalue weighted by atomic mass is 9.96. The van der Waals surface area contributed by atoms with Crippen LogP contribution in [-0.2, 0) is 6.54 Å². The zero-order valence-corrected chi connectivity index (χ0v) is 16.5. The van der Waals surface area contributed by atoms with Gasteiger partial charge in [-0.1, -0.05) is 25.3 Å². The Labute approximate surface area is 165 Å². The van der Waals surface area contributed by atoms with Crippen molar-refractivity contribution in [1.29, 1.82) is 0 Å². The number of amides is 2. The second-order valence-electron chi connectivity index (χ2n) is 6.91. The lowest BCUT2D eigenvalue weighted by Gasteiger charge is -2.22. The molecule has 0 saturated heterocycles. The van der Waals surface area contributed by atoms with Crippen molar-refractivity contribution < 1.29 is 14.3 Å². The van der Waals surface area contributed by atoms with Gasteiger partial charge in [0.1, 0.15) is 5.82 Å². The van der Waals surface area contributed by atoms with Gasteiger partial charge in [0.2, 0.25) is 0 Å². The summed E-state index contributed by atoms with van der Waals surface area (Å²) in [7, 11) is 3.23. The molecule has 1 aromatic carbocycles. The summed E-state index contributed by atoms with van der Waals surface area (Å²) < 4.78 is 10.6. The number of ether oxygens (including phenoxy) is 2. The number of hydrogen-bond acceptors (Lipinski definition) is 5. The summed E-state index contributed by atoms with van der Waals surface area (Å²) in [5, 5.41) is 9.14. The van der Waals surface area contributed by atoms with Gasteiger partial charge in [-0.2, -0.15) is 0 Å². The van der Waals surface area contributed by atoms with Crippen LogP contribution in [0.25, 0.3) is 0 Å². The highest BCUT2D eigenvalue weighted by atomic mass is 16.5. The number of methoxy groups -OCH3 is 2. The predicted octanol–water partition coefficient (Wildman–Crippen LogP) is 4.17. The molecule has 3 N–H and O–H groups in total. The summed E-state index contributed by atoms with van der Waals surface area (Å²) in [5.74, 6) is 2.12. The number of anilines is 2. The Bertz CT molecular complexity index is 774. The molecule has 1 fully saturated rings. The lowest BCUT2D eigenvalue weighted by molar-refractivity contribution is 0.244. The quantitative estimate of drug-likeness (QED) is 0.667. The minimum Gasteiger partial charge on any atom is -0.493 e. The van der Waals surface area contributed by atoms with Crippen LogP contribution >= 0.6 is 0 Å². The molecular weight excluding hydrogens is 356 g/mol. The van der Waals surface area contributed by atoms with E-state index in [9.17, 15) is 4.79 Å². The van der Waals surface area contributed by atoms with Crippen LogP contribution in [-0.4, -0.2) is 31.3 Å². The van der Waals surface area contributed by atoms with Crippen molar-refractivity contribution in [2.75, 3.05) is 24.9 Å². The molecule has 28 heavy (non-hydrogen) atoms. The van der Waals surface area contributed by atoms with E-state index in [1.165, 1.54) is 19.3 Å². The standard InChI is InChI=1S/C21H28N4O3/c1-27-18-10-8-15(12-19(18)28-2)13-22-20-11-9-17(14-23-20)25-21(26)24-16-6-4-3-5-7-16/h8-12,14,16H,3-7,13H2,1-2H3,(H,22,23)(H2,24,25,26). The van der Waals surface area contributed by atoms with Crippen molar-refractivity contribution in [3.63, 3.8) is 0 Å². The minimum atomic E-state index is -0.167. The van der Waals surface area contributed by atoms with E-state index < -0.39 is 0 Å². The first kappa shape index (κ1) is 19.8. The third kappa shape index (κ3) is 5.52. The molecule has 1 saturated carbocycles. The average Bonchev–Trinajstić information content (AvgIpc) is 2.73. The molecule has 0 atom stereocenters. The fourth-order valence-corrected chi connectivity index (χ4v) is 3.36. The molecule has 3 rings (SSSR count). The first-order valence-electron chi connectivity index (χ1n) is 9.66. The largest absolute Gasteiger partial charge is 0.493 e. The zero-order valence-electron chi connectivity index (χ0n) is 16.5. The molecule has 1 heterocycles. The maximum Gasteiger partial charge on any atom is 0.319 e. The molecule has 1 aliphatic rings. The molecule has 0 bridgehead atoms. The topological polar surface area (TPSA) is 84.5 Å². The SMILES string of the molecule is COc1ccc(CNc2ccc(NC(=O)NC3CCCCC3)cn2)cc1OC. The van der Waals surface area contributed by atoms with E-state index in [0.717, 1.165) is 24.2 Å². The second-order valence-corrected chi connectivity index (χ2v) is 6.91. The normalized spacial score (nSPS) is 14.2. The summed E-state index contributed by atoms with van der Waals surface area (Å²) in [6, 6.07) is 9.57. The molecule has 2 amide bonds. The number of nitrogens with zero attached hydrogens (tertiary/aromatic N) is 1. The Morgan fingerprint density at radius 3 is 2.54 bits per heavy atom. The predicted molar refractivity (Wildman–Crippen MR) is 110 cm³/mol. The fourth-order valence-electron chi connectivity index (χ4n) is 3.36. The molecular formula is C21H28N4O3. The van der Waals surface area contributed by atoms with E-state index in [2.05, 4.69) is 20.9 Å². The van der Waals surface area contributed by atoms with Gasteiger partial charge in [0.15, 0.2) is 11.5 Å². The van der Waals surface area contributed by atoms with Crippen LogP contribution in [0.2, 0.25) is 0 Å². The summed E-state index contributed by atoms with van der Waals surface area (Å²) in [4.78, 5) is 16.5. The van der Waals surface area contributed by atoms with Gasteiger partial charge in [-0.25, -0.2) is 9.78 Å². The Morgan fingerprint density at radius 1 is 1.07 bits per heavy atom. The third-order valence-electron chi connectivity index (χ3n) is 4.88. The Hall–Kier alpha value is -2.96. The van der Waals surface area contributed by atoms with Crippen LogP contribution in [0.4, 0.5) is 16.3 Å². The van der Waals surface area contributed by atoms with Gasteiger partial charge in [-0.15, -0.1) is 0 Å². The molecule has 0 aliphatic heterocycles. The molecule has 2 aromatic rings. The number of hydrogen-bond donors (Lipinski definition) is 3. The number of carbonyl (C=O) groups is 1. The highest BCUT2D eigenvalue weighted by molar-refractivity contribution is 5.89. The van der Waals surface area contributed by atoms with Gasteiger partial charge in [0.25, 0.3) is 0 Å². The van der Waals surface area contributed by atoms with Gasteiger partial charge in [0.05, 0.1) is 26.1 Å². The van der Waals surface area contributed by atoms with Gasteiger partial charge in [0, 0.05) is 12.6 Å². The van der Waals surface area contributed by atoms with Crippen molar-refractivity contribution >= 4 is 17.5 Å². The molecule has 7 heteroatoms. The summed E-state index contributed by atoms with van der Waals surface area (Å²) in [6.07, 6.45) is 7.41. The molecule has 1 aromatic heterocycles. The van der Waals surface area contributed by atoms with Crippen LogP contribution in [0.5, 0.6) is 11.5 Å². The molecule has 150 valence electrons. The van der Waals surface area contributed by atoms with Crippen molar-refractivity contribution in [1.82, 2.24) is 10.3 Å². The number of pyridine rings is 1. The molecule has 0 unspecified atom stereocenters. The van der Waals surface area contributed by atoms with E-state index in [1.54, 1.807) is 20.4 Å². The second kappa shape index (κ2) is 9.82. The Kier molecular flexibility index (Phi) is 6.94. The molecule has 7 nitrogen and oxygen atoms in total. The highest BCUT2D eigenvalue weighted by Crippen LogP contribution is 2.27. The number of benzene rings is 1. The van der Waals surface area contributed by atoms with Crippen LogP contribution in [0, 0.1) is 0 Å². The highest BCUT2D eigenvalue weighted by Gasteiger charge is 2.15. The summed E-state index contributed by atoms with van der Waals surface area (Å²) >= 11 is 0. The maximum atomic E-state index is 12.1. The smallest absolute Gasteiger partial charge is 0.319 e. The first-order chi connectivity index (χ1) is 13.7. The summed E-state index contributed by atoms with van der Waals surface area (Å²) in [6.45, 7) is 0.599. The van der Waals surface area contributed by atoms with Crippen LogP contribution in [0.15, 0.2) is 36.5 Å². The maximum absolute atomic E-state index is 12.1. The minimum absolute atomic E-state index is 0.167. The Balaban J connectivity index is 1.49. The summed E-state index contributed by atoms with van der Waals surface area (Å²) in [5.41, 5.74) is 1.72. The fraction of sp³-hybridized carbons (Fsp3) is 0.429. The number of rotatable bonds is 7. The van der Waals surface area contributed by atoms with Crippen LogP contribution < -0.4 is 25.4 Å². The van der Waals surface area contributed by atoms with Crippen LogP contribution in [0.1, 0.15) is 37.7 Å². The first-order valence-corrected chi connectivity index (χ1v) is 9.66. The van der Waals surface area contributed by atoms with E-state index in [-0.39, 0.29) is 12.1 Å². The van der Waals surface area contributed by atoms with Crippen LogP contribution in [0.3, 0.4) is 0 Å².